The molecule has 0 aliphatic rings. The third kappa shape index (κ3) is 6.49. The number of nitrogens with zero attached hydrogens (tertiary/aromatic N) is 3. The number of likely N-dealkylation sites (N-methyl/N-ethyl adjacent to an activating group) is 1. The molecule has 0 aliphatic carbocycles. The Morgan fingerprint density at radius 3 is 2.66 bits per heavy atom. The molecule has 0 fully saturated rings. The van der Waals surface area contributed by atoms with E-state index >= 15 is 0 Å². The average molecular weight is 460 g/mol. The maximum Gasteiger partial charge on any atom is 0.229 e. The van der Waals surface area contributed by atoms with Crippen LogP contribution >= 0.6 is 15.9 Å². The van der Waals surface area contributed by atoms with Crippen molar-refractivity contribution in [1.29, 1.82) is 0 Å². The van der Waals surface area contributed by atoms with Crippen LogP contribution in [0.1, 0.15) is 5.56 Å². The van der Waals surface area contributed by atoms with E-state index in [0.29, 0.717) is 22.8 Å². The molecule has 1 heterocycles. The first kappa shape index (κ1) is 21.2. The van der Waals surface area contributed by atoms with Crippen molar-refractivity contribution < 1.29 is 9.13 Å². The highest BCUT2D eigenvalue weighted by atomic mass is 79.9. The summed E-state index contributed by atoms with van der Waals surface area (Å²) in [5, 5.41) is 6.40. The lowest BCUT2D eigenvalue weighted by atomic mass is 10.2. The summed E-state index contributed by atoms with van der Waals surface area (Å²) in [5.41, 5.74) is 2.81. The van der Waals surface area contributed by atoms with Crippen LogP contribution in [-0.2, 0) is 11.3 Å². The fraction of sp³-hybridized carbons (Fsp3) is 0.238. The fourth-order valence-electron chi connectivity index (χ4n) is 2.70. The largest absolute Gasteiger partial charge is 0.383 e. The molecule has 0 unspecified atom stereocenters. The van der Waals surface area contributed by atoms with Crippen molar-refractivity contribution in [3.63, 3.8) is 0 Å². The van der Waals surface area contributed by atoms with Gasteiger partial charge in [0, 0.05) is 37.8 Å². The predicted molar refractivity (Wildman–Crippen MR) is 117 cm³/mol. The second kappa shape index (κ2) is 10.3. The number of hydrogen-bond donors (Lipinski definition) is 2. The second-order valence-electron chi connectivity index (χ2n) is 6.58. The molecule has 0 bridgehead atoms. The third-order valence-corrected chi connectivity index (χ3v) is 4.74. The van der Waals surface area contributed by atoms with Gasteiger partial charge in [0.15, 0.2) is 0 Å². The molecule has 1 aromatic heterocycles. The van der Waals surface area contributed by atoms with Crippen molar-refractivity contribution in [2.75, 3.05) is 37.9 Å². The fourth-order valence-corrected chi connectivity index (χ4v) is 2.99. The van der Waals surface area contributed by atoms with Gasteiger partial charge in [0.1, 0.15) is 11.6 Å². The maximum absolute atomic E-state index is 13.1. The lowest BCUT2D eigenvalue weighted by molar-refractivity contribution is 0.158. The minimum absolute atomic E-state index is 0.285. The summed E-state index contributed by atoms with van der Waals surface area (Å²) in [6.45, 7) is 2.38. The normalized spacial score (nSPS) is 10.9. The van der Waals surface area contributed by atoms with Gasteiger partial charge in [-0.15, -0.1) is 0 Å². The number of methoxy groups -OCH3 is 1. The first-order valence-corrected chi connectivity index (χ1v) is 9.91. The minimum Gasteiger partial charge on any atom is -0.383 e. The van der Waals surface area contributed by atoms with Gasteiger partial charge in [0.25, 0.3) is 0 Å². The highest BCUT2D eigenvalue weighted by Gasteiger charge is 2.07. The molecular formula is C21H23BrFN5O. The molecule has 8 heteroatoms. The first-order chi connectivity index (χ1) is 14.0. The second-order valence-corrected chi connectivity index (χ2v) is 7.43. The molecule has 2 N–H and O–H groups in total. The summed E-state index contributed by atoms with van der Waals surface area (Å²) < 4.78 is 18.9. The summed E-state index contributed by atoms with van der Waals surface area (Å²) in [7, 11) is 3.76. The van der Waals surface area contributed by atoms with Crippen LogP contribution in [0.5, 0.6) is 0 Å². The smallest absolute Gasteiger partial charge is 0.229 e. The van der Waals surface area contributed by atoms with Gasteiger partial charge >= 0.3 is 0 Å². The first-order valence-electron chi connectivity index (χ1n) is 9.12. The van der Waals surface area contributed by atoms with E-state index in [4.69, 9.17) is 4.74 Å². The number of benzene rings is 2. The van der Waals surface area contributed by atoms with Crippen molar-refractivity contribution in [3.05, 3.63) is 70.6 Å². The maximum atomic E-state index is 13.1. The highest BCUT2D eigenvalue weighted by Crippen LogP contribution is 2.25. The van der Waals surface area contributed by atoms with Gasteiger partial charge < -0.3 is 15.4 Å². The number of rotatable bonds is 9. The van der Waals surface area contributed by atoms with E-state index in [2.05, 4.69) is 60.6 Å². The Morgan fingerprint density at radius 2 is 1.90 bits per heavy atom. The molecule has 0 saturated carbocycles. The van der Waals surface area contributed by atoms with Gasteiger partial charge in [-0.1, -0.05) is 12.1 Å². The Morgan fingerprint density at radius 1 is 1.10 bits per heavy atom. The Balaban J connectivity index is 1.70. The number of halogens is 2. The summed E-state index contributed by atoms with van der Waals surface area (Å²) in [6, 6.07) is 14.2. The summed E-state index contributed by atoms with van der Waals surface area (Å²) in [5.74, 6) is 0.764. The molecule has 0 radical (unpaired) electrons. The topological polar surface area (TPSA) is 62.3 Å². The van der Waals surface area contributed by atoms with Crippen LogP contribution in [0.2, 0.25) is 0 Å². The molecule has 0 atom stereocenters. The molecule has 29 heavy (non-hydrogen) atoms. The minimum atomic E-state index is -0.285. The third-order valence-electron chi connectivity index (χ3n) is 4.16. The Labute approximate surface area is 178 Å². The van der Waals surface area contributed by atoms with Crippen LogP contribution < -0.4 is 10.6 Å². The van der Waals surface area contributed by atoms with Gasteiger partial charge in [-0.05, 0) is 64.9 Å². The zero-order valence-corrected chi connectivity index (χ0v) is 17.9. The molecule has 2 aromatic carbocycles. The summed E-state index contributed by atoms with van der Waals surface area (Å²) in [4.78, 5) is 11.0. The molecular weight excluding hydrogens is 437 g/mol. The molecule has 0 amide bonds. The Kier molecular flexibility index (Phi) is 7.51. The zero-order valence-electron chi connectivity index (χ0n) is 16.3. The number of aromatic nitrogens is 2. The van der Waals surface area contributed by atoms with Crippen molar-refractivity contribution in [2.24, 2.45) is 0 Å². The lowest BCUT2D eigenvalue weighted by Crippen LogP contribution is -2.22. The van der Waals surface area contributed by atoms with Crippen molar-refractivity contribution >= 4 is 39.1 Å². The van der Waals surface area contributed by atoms with E-state index in [0.717, 1.165) is 24.5 Å². The van der Waals surface area contributed by atoms with E-state index in [9.17, 15) is 4.39 Å². The SMILES string of the molecule is COCCN(C)Cc1cccc(Nc2ncc(Br)c(Nc3ccc(F)cc3)n2)c1. The molecule has 3 rings (SSSR count). The Bertz CT molecular complexity index is 939. The molecule has 0 spiro atoms. The molecule has 152 valence electrons. The summed E-state index contributed by atoms with van der Waals surface area (Å²) >= 11 is 3.44. The molecule has 0 aliphatic heterocycles. The van der Waals surface area contributed by atoms with Crippen molar-refractivity contribution in [2.45, 2.75) is 6.54 Å². The lowest BCUT2D eigenvalue weighted by Gasteiger charge is -2.16. The molecule has 0 saturated heterocycles. The van der Waals surface area contributed by atoms with E-state index < -0.39 is 0 Å². The van der Waals surface area contributed by atoms with Gasteiger partial charge in [0.2, 0.25) is 5.95 Å². The average Bonchev–Trinajstić information content (AvgIpc) is 2.71. The zero-order chi connectivity index (χ0) is 20.6. The molecule has 6 nitrogen and oxygen atoms in total. The monoisotopic (exact) mass is 459 g/mol. The van der Waals surface area contributed by atoms with Crippen LogP contribution in [0, 0.1) is 5.82 Å². The quantitative estimate of drug-likeness (QED) is 0.472. The van der Waals surface area contributed by atoms with Crippen molar-refractivity contribution in [1.82, 2.24) is 14.9 Å². The van der Waals surface area contributed by atoms with Gasteiger partial charge in [0.05, 0.1) is 11.1 Å². The van der Waals surface area contributed by atoms with E-state index in [1.54, 1.807) is 25.4 Å². The highest BCUT2D eigenvalue weighted by molar-refractivity contribution is 9.10. The van der Waals surface area contributed by atoms with Crippen molar-refractivity contribution in [3.8, 4) is 0 Å². The number of hydrogen-bond acceptors (Lipinski definition) is 6. The standard InChI is InChI=1S/C21H23BrFN5O/c1-28(10-11-29-2)14-15-4-3-5-18(12-15)26-21-24-13-19(22)20(27-21)25-17-8-6-16(23)7-9-17/h3-9,12-13H,10-11,14H2,1-2H3,(H2,24,25,26,27). The van der Waals surface area contributed by atoms with E-state index in [1.165, 1.54) is 17.7 Å². The number of ether oxygens (including phenoxy) is 1. The van der Waals surface area contributed by atoms with E-state index in [1.807, 2.05) is 12.1 Å². The van der Waals surface area contributed by atoms with Crippen LogP contribution in [0.25, 0.3) is 0 Å². The number of nitrogens with one attached hydrogen (secondary N) is 2. The summed E-state index contributed by atoms with van der Waals surface area (Å²) in [6.07, 6.45) is 1.67. The van der Waals surface area contributed by atoms with Crippen LogP contribution in [0.3, 0.4) is 0 Å². The number of anilines is 4. The van der Waals surface area contributed by atoms with Gasteiger partial charge in [-0.3, -0.25) is 4.90 Å². The van der Waals surface area contributed by atoms with Gasteiger partial charge in [-0.2, -0.15) is 4.98 Å². The van der Waals surface area contributed by atoms with Gasteiger partial charge in [-0.25, -0.2) is 9.37 Å². The molecule has 3 aromatic rings. The van der Waals surface area contributed by atoms with Crippen LogP contribution in [0.4, 0.5) is 27.5 Å². The Hall–Kier alpha value is -2.55. The van der Waals surface area contributed by atoms with Crippen LogP contribution in [-0.4, -0.2) is 42.2 Å². The van der Waals surface area contributed by atoms with E-state index in [-0.39, 0.29) is 5.82 Å². The van der Waals surface area contributed by atoms with Crippen LogP contribution in [0.15, 0.2) is 59.2 Å². The predicted octanol–water partition coefficient (Wildman–Crippen LogP) is 4.94.